The third-order valence-corrected chi connectivity index (χ3v) is 2.77. The molecule has 2 aromatic carbocycles. The van der Waals surface area contributed by atoms with Gasteiger partial charge in [-0.3, -0.25) is 5.73 Å². The van der Waals surface area contributed by atoms with Crippen LogP contribution in [0, 0.1) is 0 Å². The zero-order valence-electron chi connectivity index (χ0n) is 11.1. The molecule has 0 aromatic heterocycles. The Morgan fingerprint density at radius 1 is 0.850 bits per heavy atom. The van der Waals surface area contributed by atoms with Gasteiger partial charge in [0.1, 0.15) is 5.69 Å². The zero-order chi connectivity index (χ0) is 14.4. The van der Waals surface area contributed by atoms with E-state index in [-0.39, 0.29) is 11.9 Å². The molecule has 102 valence electrons. The molecule has 0 amide bonds. The van der Waals surface area contributed by atoms with E-state index in [1.807, 2.05) is 65.2 Å². The predicted molar refractivity (Wildman–Crippen MR) is 81.5 cm³/mol. The summed E-state index contributed by atoms with van der Waals surface area (Å²) in [5, 5.41) is 0. The van der Waals surface area contributed by atoms with Gasteiger partial charge in [-0.05, 0) is 22.7 Å². The maximum absolute atomic E-state index is 5.99. The first-order valence-electron chi connectivity index (χ1n) is 6.25. The Morgan fingerprint density at radius 3 is 1.95 bits per heavy atom. The fourth-order valence-corrected chi connectivity index (χ4v) is 1.87. The van der Waals surface area contributed by atoms with Crippen molar-refractivity contribution in [3.8, 4) is 0 Å². The summed E-state index contributed by atoms with van der Waals surface area (Å²) in [4.78, 5) is 3.94. The summed E-state index contributed by atoms with van der Waals surface area (Å²) in [5.74, 6) is 0.205. The third kappa shape index (κ3) is 3.58. The molecule has 0 unspecified atom stereocenters. The highest BCUT2D eigenvalue weighted by atomic mass is 15.2. The monoisotopic (exact) mass is 268 g/mol. The molecule has 0 bridgehead atoms. The van der Waals surface area contributed by atoms with Crippen LogP contribution >= 0.6 is 0 Å². The molecule has 0 aliphatic rings. The minimum absolute atomic E-state index is 0.0588. The molecule has 0 fully saturated rings. The van der Waals surface area contributed by atoms with Crippen LogP contribution in [0.4, 0.5) is 5.69 Å². The first-order chi connectivity index (χ1) is 9.66. The molecular formula is C15H18N5+. The Morgan fingerprint density at radius 2 is 1.40 bits per heavy atom. The van der Waals surface area contributed by atoms with Gasteiger partial charge < -0.3 is 11.5 Å². The van der Waals surface area contributed by atoms with E-state index in [9.17, 15) is 0 Å². The molecule has 0 saturated heterocycles. The van der Waals surface area contributed by atoms with Crippen molar-refractivity contribution in [2.45, 2.75) is 6.54 Å². The van der Waals surface area contributed by atoms with E-state index in [2.05, 4.69) is 4.99 Å². The van der Waals surface area contributed by atoms with Crippen LogP contribution < -0.4 is 17.2 Å². The molecular weight excluding hydrogens is 250 g/mol. The van der Waals surface area contributed by atoms with Gasteiger partial charge in [-0.2, -0.15) is 0 Å². The smallest absolute Gasteiger partial charge is 0.356 e. The van der Waals surface area contributed by atoms with Gasteiger partial charge in [-0.25, -0.2) is 4.58 Å². The maximum atomic E-state index is 5.99. The lowest BCUT2D eigenvalue weighted by molar-refractivity contribution is -0.459. The number of benzene rings is 2. The van der Waals surface area contributed by atoms with Crippen LogP contribution in [-0.2, 0) is 6.54 Å². The average molecular weight is 268 g/mol. The van der Waals surface area contributed by atoms with Crippen molar-refractivity contribution in [1.29, 1.82) is 0 Å². The second-order valence-electron chi connectivity index (χ2n) is 4.30. The number of para-hydroxylation sites is 1. The van der Waals surface area contributed by atoms with Crippen molar-refractivity contribution in [1.82, 2.24) is 0 Å². The van der Waals surface area contributed by atoms with Crippen molar-refractivity contribution in [3.63, 3.8) is 0 Å². The quantitative estimate of drug-likeness (QED) is 0.442. The molecule has 5 nitrogen and oxygen atoms in total. The number of rotatable bonds is 3. The van der Waals surface area contributed by atoms with Crippen molar-refractivity contribution in [2.75, 3.05) is 0 Å². The normalized spacial score (nSPS) is 11.6. The van der Waals surface area contributed by atoms with Gasteiger partial charge in [0.05, 0.1) is 6.54 Å². The molecule has 0 radical (unpaired) electrons. The maximum Gasteiger partial charge on any atom is 0.393 e. The Kier molecular flexibility index (Phi) is 4.34. The molecule has 0 aliphatic carbocycles. The SMILES string of the molecule is NC(N)=NC(N)=[N+](Cc1ccccc1)c1ccccc1. The lowest BCUT2D eigenvalue weighted by Gasteiger charge is -2.09. The third-order valence-electron chi connectivity index (χ3n) is 2.77. The number of hydrogen-bond donors (Lipinski definition) is 3. The van der Waals surface area contributed by atoms with Crippen molar-refractivity contribution >= 4 is 17.6 Å². The molecule has 0 saturated carbocycles. The molecule has 0 heterocycles. The number of hydrogen-bond acceptors (Lipinski definition) is 0. The van der Waals surface area contributed by atoms with E-state index < -0.39 is 0 Å². The van der Waals surface area contributed by atoms with Gasteiger partial charge in [0.25, 0.3) is 5.96 Å². The fourth-order valence-electron chi connectivity index (χ4n) is 1.87. The van der Waals surface area contributed by atoms with Gasteiger partial charge >= 0.3 is 5.96 Å². The van der Waals surface area contributed by atoms with Crippen LogP contribution in [0.1, 0.15) is 5.56 Å². The summed E-state index contributed by atoms with van der Waals surface area (Å²) in [6.45, 7) is 0.591. The van der Waals surface area contributed by atoms with Gasteiger partial charge in [0.15, 0.2) is 0 Å². The van der Waals surface area contributed by atoms with Crippen LogP contribution in [0.15, 0.2) is 65.7 Å². The van der Waals surface area contributed by atoms with E-state index in [0.29, 0.717) is 6.54 Å². The van der Waals surface area contributed by atoms with E-state index in [1.54, 1.807) is 0 Å². The topological polar surface area (TPSA) is 93.4 Å². The highest BCUT2D eigenvalue weighted by molar-refractivity contribution is 5.90. The van der Waals surface area contributed by atoms with Gasteiger partial charge in [0.2, 0.25) is 0 Å². The van der Waals surface area contributed by atoms with Gasteiger partial charge in [-0.15, -0.1) is 0 Å². The average Bonchev–Trinajstić information content (AvgIpc) is 2.46. The molecule has 5 heteroatoms. The molecule has 0 aliphatic heterocycles. The van der Waals surface area contributed by atoms with Gasteiger partial charge in [0, 0.05) is 0 Å². The fraction of sp³-hybridized carbons (Fsp3) is 0.0667. The predicted octanol–water partition coefficient (Wildman–Crippen LogP) is 1.12. The Hall–Kier alpha value is -2.82. The van der Waals surface area contributed by atoms with Crippen LogP contribution in [0.3, 0.4) is 0 Å². The second kappa shape index (κ2) is 6.38. The summed E-state index contributed by atoms with van der Waals surface area (Å²) in [6.07, 6.45) is 0. The van der Waals surface area contributed by atoms with Gasteiger partial charge in [-0.1, -0.05) is 48.5 Å². The van der Waals surface area contributed by atoms with Crippen molar-refractivity contribution in [2.24, 2.45) is 22.2 Å². The minimum Gasteiger partial charge on any atom is -0.356 e. The number of nitrogens with zero attached hydrogens (tertiary/aromatic N) is 2. The Labute approximate surface area is 118 Å². The van der Waals surface area contributed by atoms with Crippen LogP contribution in [0.5, 0.6) is 0 Å². The lowest BCUT2D eigenvalue weighted by Crippen LogP contribution is -2.30. The number of guanidine groups is 2. The Balaban J connectivity index is 2.43. The van der Waals surface area contributed by atoms with E-state index in [4.69, 9.17) is 17.2 Å². The summed E-state index contributed by atoms with van der Waals surface area (Å²) >= 11 is 0. The van der Waals surface area contributed by atoms with Crippen molar-refractivity contribution < 1.29 is 4.58 Å². The number of nitrogens with two attached hydrogens (primary N) is 3. The van der Waals surface area contributed by atoms with Crippen LogP contribution in [0.25, 0.3) is 0 Å². The first kappa shape index (κ1) is 13.6. The van der Waals surface area contributed by atoms with Crippen molar-refractivity contribution in [3.05, 3.63) is 66.2 Å². The summed E-state index contributed by atoms with van der Waals surface area (Å²) < 4.78 is 1.86. The summed E-state index contributed by atoms with van der Waals surface area (Å²) in [7, 11) is 0. The molecule has 2 rings (SSSR count). The molecule has 20 heavy (non-hydrogen) atoms. The van der Waals surface area contributed by atoms with E-state index in [1.165, 1.54) is 0 Å². The van der Waals surface area contributed by atoms with Crippen LogP contribution in [0.2, 0.25) is 0 Å². The second-order valence-corrected chi connectivity index (χ2v) is 4.30. The summed E-state index contributed by atoms with van der Waals surface area (Å²) in [5.41, 5.74) is 18.8. The van der Waals surface area contributed by atoms with E-state index >= 15 is 0 Å². The standard InChI is InChI=1S/C15H17N5/c16-14(17)19-15(18)20(13-9-5-2-6-10-13)11-12-7-3-1-4-8-12/h1-10H,11H2,(H5,16,17,18,19)/p+1. The highest BCUT2D eigenvalue weighted by Gasteiger charge is 2.12. The number of aliphatic imine (C=N–C) groups is 1. The molecule has 6 N–H and O–H groups in total. The Bertz CT molecular complexity index is 613. The zero-order valence-corrected chi connectivity index (χ0v) is 11.1. The first-order valence-corrected chi connectivity index (χ1v) is 6.25. The largest absolute Gasteiger partial charge is 0.393 e. The minimum atomic E-state index is -0.0588. The summed E-state index contributed by atoms with van der Waals surface area (Å²) in [6, 6.07) is 19.7. The molecule has 2 aromatic rings. The highest BCUT2D eigenvalue weighted by Crippen LogP contribution is 2.14. The molecule has 0 spiro atoms. The van der Waals surface area contributed by atoms with Crippen LogP contribution in [-0.4, -0.2) is 16.5 Å². The molecule has 0 atom stereocenters. The lowest BCUT2D eigenvalue weighted by atomic mass is 10.2. The van der Waals surface area contributed by atoms with E-state index in [0.717, 1.165) is 11.3 Å².